The Morgan fingerprint density at radius 3 is 2.32 bits per heavy atom. The highest BCUT2D eigenvalue weighted by atomic mass is 35.5. The van der Waals surface area contributed by atoms with Gasteiger partial charge in [0.15, 0.2) is 0 Å². The molecule has 1 N–H and O–H groups in total. The summed E-state index contributed by atoms with van der Waals surface area (Å²) in [6.45, 7) is 6.05. The maximum Gasteiger partial charge on any atom is 0.339 e. The highest BCUT2D eigenvalue weighted by molar-refractivity contribution is 6.70. The second-order valence-corrected chi connectivity index (χ2v) is 10.1. The van der Waals surface area contributed by atoms with Crippen molar-refractivity contribution < 1.29 is 14.3 Å². The Balaban J connectivity index is 2.79. The molecule has 0 saturated carbocycles. The normalized spacial score (nSPS) is 11.6. The van der Waals surface area contributed by atoms with Crippen molar-refractivity contribution in [2.24, 2.45) is 0 Å². The second kappa shape index (κ2) is 4.87. The largest absolute Gasteiger partial charge is 0.543 e. The number of halogens is 1. The van der Waals surface area contributed by atoms with Crippen LogP contribution in [0.2, 0.25) is 24.7 Å². The Hall–Kier alpha value is -1.52. The van der Waals surface area contributed by atoms with Gasteiger partial charge in [0, 0.05) is 15.8 Å². The summed E-state index contributed by atoms with van der Waals surface area (Å²) in [4.78, 5) is 11.4. The van der Waals surface area contributed by atoms with Crippen LogP contribution in [0.15, 0.2) is 30.3 Å². The van der Waals surface area contributed by atoms with Crippen LogP contribution < -0.4 is 4.43 Å². The van der Waals surface area contributed by atoms with Gasteiger partial charge in [0.25, 0.3) is 0 Å². The van der Waals surface area contributed by atoms with Crippen LogP contribution >= 0.6 is 11.6 Å². The summed E-state index contributed by atoms with van der Waals surface area (Å²) in [6, 6.07) is 8.87. The van der Waals surface area contributed by atoms with Gasteiger partial charge in [0.1, 0.15) is 11.3 Å². The summed E-state index contributed by atoms with van der Waals surface area (Å²) in [5.74, 6) is -0.604. The fourth-order valence-corrected chi connectivity index (χ4v) is 2.99. The van der Waals surface area contributed by atoms with Crippen molar-refractivity contribution in [2.75, 3.05) is 0 Å². The first-order valence-electron chi connectivity index (χ1n) is 5.93. The summed E-state index contributed by atoms with van der Waals surface area (Å²) < 4.78 is 5.96. The van der Waals surface area contributed by atoms with Gasteiger partial charge in [-0.2, -0.15) is 0 Å². The molecule has 2 aromatic rings. The lowest BCUT2D eigenvalue weighted by atomic mass is 10.1. The molecule has 0 radical (unpaired) electrons. The van der Waals surface area contributed by atoms with Crippen molar-refractivity contribution in [1.29, 1.82) is 0 Å². The number of hydrogen-bond acceptors (Lipinski definition) is 2. The molecule has 0 unspecified atom stereocenters. The lowest BCUT2D eigenvalue weighted by Gasteiger charge is -2.22. The average molecular weight is 295 g/mol. The van der Waals surface area contributed by atoms with Crippen LogP contribution in [0.5, 0.6) is 5.75 Å². The molecule has 0 amide bonds. The van der Waals surface area contributed by atoms with Gasteiger partial charge in [0.2, 0.25) is 8.32 Å². The zero-order valence-corrected chi connectivity index (χ0v) is 12.8. The highest BCUT2D eigenvalue weighted by Crippen LogP contribution is 2.36. The van der Waals surface area contributed by atoms with Gasteiger partial charge >= 0.3 is 5.97 Å². The van der Waals surface area contributed by atoms with E-state index in [0.717, 1.165) is 10.8 Å². The molecule has 19 heavy (non-hydrogen) atoms. The molecule has 3 nitrogen and oxygen atoms in total. The van der Waals surface area contributed by atoms with Crippen LogP contribution in [0.3, 0.4) is 0 Å². The summed E-state index contributed by atoms with van der Waals surface area (Å²) in [6.07, 6.45) is 0. The van der Waals surface area contributed by atoms with Gasteiger partial charge in [-0.05, 0) is 25.7 Å². The minimum Gasteiger partial charge on any atom is -0.543 e. The first-order valence-corrected chi connectivity index (χ1v) is 9.72. The third kappa shape index (κ3) is 2.91. The van der Waals surface area contributed by atoms with Crippen molar-refractivity contribution in [3.63, 3.8) is 0 Å². The standard InChI is InChI=1S/C14H15ClO3Si/c1-19(2,3)18-13-10-7-5-4-6-9(10)12(15)8-11(13)14(16)17/h4-8H,1-3H3,(H,16,17). The predicted molar refractivity (Wildman–Crippen MR) is 79.9 cm³/mol. The van der Waals surface area contributed by atoms with Crippen molar-refractivity contribution in [3.8, 4) is 5.75 Å². The first-order chi connectivity index (χ1) is 8.79. The summed E-state index contributed by atoms with van der Waals surface area (Å²) in [5.41, 5.74) is 0.117. The molecule has 5 heteroatoms. The van der Waals surface area contributed by atoms with Crippen LogP contribution in [0.25, 0.3) is 10.8 Å². The van der Waals surface area contributed by atoms with Gasteiger partial charge in [-0.25, -0.2) is 4.79 Å². The molecule has 0 aromatic heterocycles. The number of fused-ring (bicyclic) bond motifs is 1. The quantitative estimate of drug-likeness (QED) is 0.853. The van der Waals surface area contributed by atoms with Crippen molar-refractivity contribution >= 4 is 36.7 Å². The zero-order valence-electron chi connectivity index (χ0n) is 11.0. The summed E-state index contributed by atoms with van der Waals surface area (Å²) >= 11 is 6.14. The van der Waals surface area contributed by atoms with E-state index in [-0.39, 0.29) is 5.56 Å². The van der Waals surface area contributed by atoms with Crippen molar-refractivity contribution in [3.05, 3.63) is 40.9 Å². The molecule has 0 spiro atoms. The van der Waals surface area contributed by atoms with Gasteiger partial charge in [-0.3, -0.25) is 0 Å². The molecule has 0 atom stereocenters. The second-order valence-electron chi connectivity index (χ2n) is 5.30. The molecule has 2 aromatic carbocycles. The summed E-state index contributed by atoms with van der Waals surface area (Å²) in [5, 5.41) is 11.3. The molecule has 0 aliphatic heterocycles. The highest BCUT2D eigenvalue weighted by Gasteiger charge is 2.23. The van der Waals surface area contributed by atoms with Crippen LogP contribution in [0.4, 0.5) is 0 Å². The molecular weight excluding hydrogens is 280 g/mol. The topological polar surface area (TPSA) is 46.5 Å². The van der Waals surface area contributed by atoms with Gasteiger partial charge in [-0.15, -0.1) is 0 Å². The van der Waals surface area contributed by atoms with Gasteiger partial charge in [0.05, 0.1) is 0 Å². The van der Waals surface area contributed by atoms with Crippen molar-refractivity contribution in [1.82, 2.24) is 0 Å². The first kappa shape index (κ1) is 13.9. The van der Waals surface area contributed by atoms with Crippen LogP contribution in [-0.4, -0.2) is 19.4 Å². The molecule has 0 heterocycles. The number of carboxylic acid groups (broad SMARTS) is 1. The molecule has 0 saturated heterocycles. The number of hydrogen-bond donors (Lipinski definition) is 1. The smallest absolute Gasteiger partial charge is 0.339 e. The maximum absolute atomic E-state index is 11.4. The molecule has 0 bridgehead atoms. The molecular formula is C14H15ClO3Si. The molecule has 0 aliphatic carbocycles. The molecule has 100 valence electrons. The lowest BCUT2D eigenvalue weighted by molar-refractivity contribution is 0.0695. The van der Waals surface area contributed by atoms with Crippen LogP contribution in [-0.2, 0) is 0 Å². The number of aromatic carboxylic acids is 1. The SMILES string of the molecule is C[Si](C)(C)Oc1c(C(=O)O)cc(Cl)c2ccccc12. The third-order valence-electron chi connectivity index (χ3n) is 2.58. The number of benzene rings is 2. The van der Waals surface area contributed by atoms with E-state index in [1.807, 2.05) is 43.9 Å². The minimum absolute atomic E-state index is 0.117. The fraction of sp³-hybridized carbons (Fsp3) is 0.214. The lowest BCUT2D eigenvalue weighted by Crippen LogP contribution is -2.30. The van der Waals surface area contributed by atoms with Gasteiger partial charge < -0.3 is 9.53 Å². The van der Waals surface area contributed by atoms with E-state index in [4.69, 9.17) is 16.0 Å². The van der Waals surface area contributed by atoms with Crippen LogP contribution in [0, 0.1) is 0 Å². The molecule has 2 rings (SSSR count). The number of rotatable bonds is 3. The maximum atomic E-state index is 11.4. The van der Waals surface area contributed by atoms with E-state index in [0.29, 0.717) is 10.8 Å². The van der Waals surface area contributed by atoms with Gasteiger partial charge in [-0.1, -0.05) is 35.9 Å². The Kier molecular flexibility index (Phi) is 3.56. The third-order valence-corrected chi connectivity index (χ3v) is 3.71. The van der Waals surface area contributed by atoms with Crippen molar-refractivity contribution in [2.45, 2.75) is 19.6 Å². The van der Waals surface area contributed by atoms with E-state index in [1.54, 1.807) is 0 Å². The van der Waals surface area contributed by atoms with E-state index in [2.05, 4.69) is 0 Å². The van der Waals surface area contributed by atoms with E-state index in [9.17, 15) is 9.90 Å². The Morgan fingerprint density at radius 2 is 1.79 bits per heavy atom. The molecule has 0 aliphatic rings. The Morgan fingerprint density at radius 1 is 1.21 bits per heavy atom. The Labute approximate surface area is 117 Å². The van der Waals surface area contributed by atoms with Crippen LogP contribution in [0.1, 0.15) is 10.4 Å². The molecule has 0 fully saturated rings. The summed E-state index contributed by atoms with van der Waals surface area (Å²) in [7, 11) is -1.92. The predicted octanol–water partition coefficient (Wildman–Crippen LogP) is 4.41. The van der Waals surface area contributed by atoms with E-state index < -0.39 is 14.3 Å². The average Bonchev–Trinajstić information content (AvgIpc) is 2.31. The fourth-order valence-electron chi connectivity index (χ4n) is 1.88. The Bertz CT molecular complexity index is 647. The monoisotopic (exact) mass is 294 g/mol. The van der Waals surface area contributed by atoms with E-state index in [1.165, 1.54) is 6.07 Å². The minimum atomic E-state index is -1.92. The van der Waals surface area contributed by atoms with E-state index >= 15 is 0 Å². The number of carbonyl (C=O) groups is 1. The number of carboxylic acids is 1. The zero-order chi connectivity index (χ0) is 14.2.